The van der Waals surface area contributed by atoms with E-state index in [9.17, 15) is 4.79 Å². The summed E-state index contributed by atoms with van der Waals surface area (Å²) < 4.78 is 0. The molecule has 0 unspecified atom stereocenters. The lowest BCUT2D eigenvalue weighted by Crippen LogP contribution is -2.24. The van der Waals surface area contributed by atoms with Crippen LogP contribution in [0.5, 0.6) is 0 Å². The van der Waals surface area contributed by atoms with Gasteiger partial charge in [0.1, 0.15) is 0 Å². The summed E-state index contributed by atoms with van der Waals surface area (Å²) in [7, 11) is 0. The minimum absolute atomic E-state index is 0.0510. The number of benzene rings is 2. The minimum atomic E-state index is -0.0510. The molecule has 0 bridgehead atoms. The van der Waals surface area contributed by atoms with Crippen LogP contribution in [0.25, 0.3) is 22.2 Å². The number of hydrogen-bond donors (Lipinski definition) is 1. The fraction of sp³-hybridized carbons (Fsp3) is 0.238. The van der Waals surface area contributed by atoms with Crippen molar-refractivity contribution >= 4 is 28.4 Å². The first-order chi connectivity index (χ1) is 12.2. The van der Waals surface area contributed by atoms with Crippen molar-refractivity contribution in [1.82, 2.24) is 10.3 Å². The van der Waals surface area contributed by atoms with Crippen LogP contribution in [0.4, 0.5) is 0 Å². The van der Waals surface area contributed by atoms with Gasteiger partial charge in [0.2, 0.25) is 0 Å². The van der Waals surface area contributed by atoms with Crippen molar-refractivity contribution in [3.8, 4) is 11.3 Å². The van der Waals surface area contributed by atoms with Crippen molar-refractivity contribution in [2.45, 2.75) is 26.2 Å². The van der Waals surface area contributed by atoms with E-state index in [1.165, 1.54) is 0 Å². The highest BCUT2D eigenvalue weighted by atomic mass is 35.5. The normalized spacial score (nSPS) is 10.8. The molecule has 1 N–H and O–H groups in total. The number of hydrogen-bond acceptors (Lipinski definition) is 2. The molecule has 1 amide bonds. The molecule has 1 heterocycles. The summed E-state index contributed by atoms with van der Waals surface area (Å²) in [6.45, 7) is 2.84. The Bertz CT molecular complexity index is 875. The molecule has 0 spiro atoms. The van der Waals surface area contributed by atoms with Crippen LogP contribution in [0.15, 0.2) is 54.6 Å². The summed E-state index contributed by atoms with van der Waals surface area (Å²) in [4.78, 5) is 17.4. The monoisotopic (exact) mass is 352 g/mol. The number of carbonyl (C=O) groups excluding carboxylic acids is 1. The molecule has 4 heteroatoms. The van der Waals surface area contributed by atoms with Gasteiger partial charge in [0.25, 0.3) is 5.91 Å². The molecule has 3 aromatic rings. The van der Waals surface area contributed by atoms with E-state index in [0.29, 0.717) is 17.1 Å². The lowest BCUT2D eigenvalue weighted by molar-refractivity contribution is 0.0954. The molecule has 2 aromatic carbocycles. The molecule has 0 fully saturated rings. The van der Waals surface area contributed by atoms with E-state index in [2.05, 4.69) is 12.2 Å². The molecule has 3 nitrogen and oxygen atoms in total. The maximum absolute atomic E-state index is 12.7. The third-order valence-corrected chi connectivity index (χ3v) is 4.42. The number of para-hydroxylation sites is 1. The number of pyridine rings is 1. The van der Waals surface area contributed by atoms with Crippen LogP contribution in [0, 0.1) is 0 Å². The van der Waals surface area contributed by atoms with Gasteiger partial charge in [0.05, 0.1) is 16.8 Å². The van der Waals surface area contributed by atoms with Gasteiger partial charge in [-0.05, 0) is 30.7 Å². The number of rotatable bonds is 6. The summed E-state index contributed by atoms with van der Waals surface area (Å²) in [5.41, 5.74) is 3.19. The lowest BCUT2D eigenvalue weighted by Gasteiger charge is -2.10. The van der Waals surface area contributed by atoms with Gasteiger partial charge in [-0.1, -0.05) is 61.7 Å². The van der Waals surface area contributed by atoms with Crippen LogP contribution >= 0.6 is 11.6 Å². The number of aromatic nitrogens is 1. The average Bonchev–Trinajstić information content (AvgIpc) is 2.65. The summed E-state index contributed by atoms with van der Waals surface area (Å²) in [5.74, 6) is -0.0510. The van der Waals surface area contributed by atoms with Crippen molar-refractivity contribution in [2.75, 3.05) is 6.54 Å². The number of carbonyl (C=O) groups is 1. The molecular formula is C21H21ClN2O. The minimum Gasteiger partial charge on any atom is -0.352 e. The molecule has 1 aromatic heterocycles. The summed E-state index contributed by atoms with van der Waals surface area (Å²) in [5, 5.41) is 4.57. The van der Waals surface area contributed by atoms with Gasteiger partial charge in [-0.15, -0.1) is 0 Å². The Morgan fingerprint density at radius 1 is 1.08 bits per heavy atom. The summed E-state index contributed by atoms with van der Waals surface area (Å²) >= 11 is 5.97. The number of amides is 1. The second kappa shape index (κ2) is 8.13. The average molecular weight is 353 g/mol. The fourth-order valence-electron chi connectivity index (χ4n) is 2.80. The van der Waals surface area contributed by atoms with E-state index in [4.69, 9.17) is 16.6 Å². The van der Waals surface area contributed by atoms with Gasteiger partial charge < -0.3 is 5.32 Å². The Hall–Kier alpha value is -2.39. The molecule has 0 radical (unpaired) electrons. The van der Waals surface area contributed by atoms with Crippen molar-refractivity contribution in [2.24, 2.45) is 0 Å². The smallest absolute Gasteiger partial charge is 0.252 e. The molecule has 0 aliphatic carbocycles. The van der Waals surface area contributed by atoms with Gasteiger partial charge in [-0.3, -0.25) is 4.79 Å². The van der Waals surface area contributed by atoms with E-state index in [-0.39, 0.29) is 5.91 Å². The topological polar surface area (TPSA) is 42.0 Å². The van der Waals surface area contributed by atoms with Crippen molar-refractivity contribution in [1.29, 1.82) is 0 Å². The summed E-state index contributed by atoms with van der Waals surface area (Å²) in [6.07, 6.45) is 3.25. The number of fused-ring (bicyclic) bond motifs is 1. The van der Waals surface area contributed by atoms with Crippen LogP contribution in [0.1, 0.15) is 36.5 Å². The van der Waals surface area contributed by atoms with Crippen LogP contribution < -0.4 is 5.32 Å². The number of unbranched alkanes of at least 4 members (excludes halogenated alkanes) is 2. The van der Waals surface area contributed by atoms with E-state index in [1.807, 2.05) is 54.6 Å². The number of halogens is 1. The van der Waals surface area contributed by atoms with Crippen LogP contribution in [-0.4, -0.2) is 17.4 Å². The third-order valence-electron chi connectivity index (χ3n) is 4.17. The van der Waals surface area contributed by atoms with Crippen molar-refractivity contribution in [3.63, 3.8) is 0 Å². The molecule has 3 rings (SSSR count). The zero-order valence-electron chi connectivity index (χ0n) is 14.3. The molecule has 0 saturated carbocycles. The second-order valence-corrected chi connectivity index (χ2v) is 6.48. The largest absolute Gasteiger partial charge is 0.352 e. The van der Waals surface area contributed by atoms with Gasteiger partial charge >= 0.3 is 0 Å². The molecule has 0 aliphatic heterocycles. The van der Waals surface area contributed by atoms with Crippen LogP contribution in [0.3, 0.4) is 0 Å². The predicted molar refractivity (Wildman–Crippen MR) is 104 cm³/mol. The number of nitrogens with zero attached hydrogens (tertiary/aromatic N) is 1. The maximum Gasteiger partial charge on any atom is 0.252 e. The van der Waals surface area contributed by atoms with Crippen LogP contribution in [0.2, 0.25) is 5.02 Å². The highest BCUT2D eigenvalue weighted by Gasteiger charge is 2.13. The van der Waals surface area contributed by atoms with E-state index in [1.54, 1.807) is 0 Å². The predicted octanol–water partition coefficient (Wildman–Crippen LogP) is 5.48. The molecule has 0 aliphatic rings. The van der Waals surface area contributed by atoms with Gasteiger partial charge in [0, 0.05) is 22.5 Å². The van der Waals surface area contributed by atoms with Gasteiger partial charge in [0.15, 0.2) is 0 Å². The zero-order chi connectivity index (χ0) is 17.6. The third kappa shape index (κ3) is 4.18. The van der Waals surface area contributed by atoms with Crippen molar-refractivity contribution in [3.05, 3.63) is 65.2 Å². The maximum atomic E-state index is 12.7. The van der Waals surface area contributed by atoms with E-state index >= 15 is 0 Å². The first-order valence-electron chi connectivity index (χ1n) is 8.63. The Kier molecular flexibility index (Phi) is 5.67. The number of nitrogens with one attached hydrogen (secondary N) is 1. The zero-order valence-corrected chi connectivity index (χ0v) is 15.0. The Labute approximate surface area is 153 Å². The van der Waals surface area contributed by atoms with Gasteiger partial charge in [-0.2, -0.15) is 0 Å². The molecule has 25 heavy (non-hydrogen) atoms. The highest BCUT2D eigenvalue weighted by molar-refractivity contribution is 6.30. The quantitative estimate of drug-likeness (QED) is 0.597. The second-order valence-electron chi connectivity index (χ2n) is 6.04. The SMILES string of the molecule is CCCCCNC(=O)c1cc(-c2ccc(Cl)cc2)nc2ccccc12. The molecule has 0 saturated heterocycles. The molecular weight excluding hydrogens is 332 g/mol. The first kappa shape index (κ1) is 17.4. The van der Waals surface area contributed by atoms with E-state index in [0.717, 1.165) is 41.4 Å². The standard InChI is InChI=1S/C21H21ClN2O/c1-2-3-6-13-23-21(25)18-14-20(15-9-11-16(22)12-10-15)24-19-8-5-4-7-17(18)19/h4-5,7-12,14H,2-3,6,13H2,1H3,(H,23,25). The Balaban J connectivity index is 1.98. The van der Waals surface area contributed by atoms with Crippen LogP contribution in [-0.2, 0) is 0 Å². The van der Waals surface area contributed by atoms with Crippen molar-refractivity contribution < 1.29 is 4.79 Å². The first-order valence-corrected chi connectivity index (χ1v) is 9.01. The Morgan fingerprint density at radius 2 is 1.84 bits per heavy atom. The fourth-order valence-corrected chi connectivity index (χ4v) is 2.93. The summed E-state index contributed by atoms with van der Waals surface area (Å²) in [6, 6.07) is 17.1. The molecule has 128 valence electrons. The Morgan fingerprint density at radius 3 is 2.60 bits per heavy atom. The lowest BCUT2D eigenvalue weighted by atomic mass is 10.0. The van der Waals surface area contributed by atoms with E-state index < -0.39 is 0 Å². The highest BCUT2D eigenvalue weighted by Crippen LogP contribution is 2.26. The molecule has 0 atom stereocenters. The van der Waals surface area contributed by atoms with Gasteiger partial charge in [-0.25, -0.2) is 4.98 Å².